The second-order valence-corrected chi connectivity index (χ2v) is 10.7. The summed E-state index contributed by atoms with van der Waals surface area (Å²) in [5.41, 5.74) is 3.24. The van der Waals surface area contributed by atoms with Gasteiger partial charge in [-0.05, 0) is 75.3 Å². The topological polar surface area (TPSA) is 59.1 Å². The van der Waals surface area contributed by atoms with Crippen molar-refractivity contribution in [2.45, 2.75) is 70.9 Å². The minimum absolute atomic E-state index is 0.311. The van der Waals surface area contributed by atoms with Crippen LogP contribution < -0.4 is 10.6 Å². The van der Waals surface area contributed by atoms with Crippen LogP contribution in [0, 0.1) is 17.2 Å². The van der Waals surface area contributed by atoms with Crippen molar-refractivity contribution in [1.29, 1.82) is 0 Å². The van der Waals surface area contributed by atoms with E-state index in [2.05, 4.69) is 34.4 Å². The van der Waals surface area contributed by atoms with Crippen LogP contribution in [0.5, 0.6) is 0 Å². The summed E-state index contributed by atoms with van der Waals surface area (Å²) >= 11 is 6.39. The molecule has 2 aromatic rings. The van der Waals surface area contributed by atoms with E-state index < -0.39 is 0 Å². The zero-order valence-corrected chi connectivity index (χ0v) is 20.7. The molecule has 0 bridgehead atoms. The van der Waals surface area contributed by atoms with Gasteiger partial charge in [0.1, 0.15) is 11.0 Å². The lowest BCUT2D eigenvalue weighted by molar-refractivity contribution is 0.158. The summed E-state index contributed by atoms with van der Waals surface area (Å²) in [4.78, 5) is 8.70. The average molecular weight is 475 g/mol. The number of nitrogens with zero attached hydrogens (tertiary/aromatic N) is 2. The molecule has 2 heterocycles. The number of anilines is 1. The predicted molar refractivity (Wildman–Crippen MR) is 132 cm³/mol. The molecule has 7 heteroatoms. The van der Waals surface area contributed by atoms with Gasteiger partial charge in [0.05, 0.1) is 24.7 Å². The second-order valence-electron chi connectivity index (χ2n) is 10.3. The minimum Gasteiger partial charge on any atom is -0.383 e. The van der Waals surface area contributed by atoms with E-state index in [4.69, 9.17) is 16.3 Å². The molecule has 33 heavy (non-hydrogen) atoms. The highest BCUT2D eigenvalue weighted by Gasteiger charge is 2.36. The van der Waals surface area contributed by atoms with Crippen LogP contribution in [0.25, 0.3) is 11.1 Å². The Morgan fingerprint density at radius 1 is 1.15 bits per heavy atom. The summed E-state index contributed by atoms with van der Waals surface area (Å²) in [6.45, 7) is 6.05. The highest BCUT2D eigenvalue weighted by Crippen LogP contribution is 2.45. The fraction of sp³-hybridized carbons (Fsp3) is 0.615. The van der Waals surface area contributed by atoms with Crippen LogP contribution in [0.1, 0.15) is 58.1 Å². The van der Waals surface area contributed by atoms with Gasteiger partial charge in [-0.25, -0.2) is 9.37 Å². The van der Waals surface area contributed by atoms with Gasteiger partial charge in [0.25, 0.3) is 0 Å². The third-order valence-corrected chi connectivity index (χ3v) is 7.45. The highest BCUT2D eigenvalue weighted by molar-refractivity contribution is 6.32. The summed E-state index contributed by atoms with van der Waals surface area (Å²) in [6.07, 6.45) is 11.0. The smallest absolute Gasteiger partial charge is 0.149 e. The predicted octanol–water partition coefficient (Wildman–Crippen LogP) is 5.87. The Bertz CT molecular complexity index is 944. The third-order valence-electron chi connectivity index (χ3n) is 7.15. The fourth-order valence-electron chi connectivity index (χ4n) is 4.77. The summed E-state index contributed by atoms with van der Waals surface area (Å²) in [5.74, 6) is 0.196. The molecule has 0 spiro atoms. The number of methoxy groups -OCH3 is 1. The van der Waals surface area contributed by atoms with E-state index in [0.717, 1.165) is 56.6 Å². The van der Waals surface area contributed by atoms with Gasteiger partial charge in [0.2, 0.25) is 0 Å². The Balaban J connectivity index is 1.40. The number of rotatable bonds is 10. The molecule has 0 amide bonds. The molecular weight excluding hydrogens is 439 g/mol. The van der Waals surface area contributed by atoms with Crippen LogP contribution in [0.3, 0.4) is 0 Å². The van der Waals surface area contributed by atoms with Crippen molar-refractivity contribution in [2.24, 2.45) is 11.3 Å². The molecule has 1 atom stereocenters. The van der Waals surface area contributed by atoms with Gasteiger partial charge in [-0.3, -0.25) is 4.98 Å². The number of nitrogens with one attached hydrogen (secondary N) is 2. The summed E-state index contributed by atoms with van der Waals surface area (Å²) in [7, 11) is 1.74. The standard InChI is InChI=1S/C26H36ClFN4O/c1-17(15-33-3)32-19-6-4-18(5-7-19)10-20-11-22(24(28)14-29-20)23-12-21(13-30-25(23)27)31-16-26(2)8-9-26/h11-14,17-19,31-32H,4-10,15-16H2,1-3H3/t17-,18?,19?/m1/s1. The average Bonchev–Trinajstić information content (AvgIpc) is 3.53. The van der Waals surface area contributed by atoms with Crippen molar-refractivity contribution in [3.8, 4) is 11.1 Å². The maximum Gasteiger partial charge on any atom is 0.149 e. The SMILES string of the molecule is COC[C@@H](C)NC1CCC(Cc2cc(-c3cc(NCC4(C)CC4)cnc3Cl)c(F)cn2)CC1. The number of halogens is 2. The lowest BCUT2D eigenvalue weighted by atomic mass is 9.83. The molecule has 0 saturated heterocycles. The molecule has 0 aromatic carbocycles. The molecule has 2 aromatic heterocycles. The lowest BCUT2D eigenvalue weighted by Gasteiger charge is -2.31. The van der Waals surface area contributed by atoms with Crippen LogP contribution in [0.2, 0.25) is 5.15 Å². The van der Waals surface area contributed by atoms with E-state index in [1.165, 1.54) is 19.0 Å². The first-order chi connectivity index (χ1) is 15.8. The van der Waals surface area contributed by atoms with Gasteiger partial charge in [0, 0.05) is 42.6 Å². The first kappa shape index (κ1) is 24.4. The number of ether oxygens (including phenoxy) is 1. The lowest BCUT2D eigenvalue weighted by Crippen LogP contribution is -2.41. The first-order valence-electron chi connectivity index (χ1n) is 12.1. The van der Waals surface area contributed by atoms with Crippen molar-refractivity contribution >= 4 is 17.3 Å². The van der Waals surface area contributed by atoms with Gasteiger partial charge in [0.15, 0.2) is 0 Å². The second kappa shape index (κ2) is 10.7. The van der Waals surface area contributed by atoms with Crippen LogP contribution in [-0.4, -0.2) is 42.3 Å². The Hall–Kier alpha value is -1.76. The van der Waals surface area contributed by atoms with Crippen molar-refractivity contribution in [2.75, 3.05) is 25.6 Å². The van der Waals surface area contributed by atoms with E-state index in [9.17, 15) is 4.39 Å². The monoisotopic (exact) mass is 474 g/mol. The van der Waals surface area contributed by atoms with E-state index in [-0.39, 0.29) is 5.82 Å². The Kier molecular flexibility index (Phi) is 7.87. The third kappa shape index (κ3) is 6.65. The Morgan fingerprint density at radius 2 is 1.91 bits per heavy atom. The molecule has 0 radical (unpaired) electrons. The molecule has 2 N–H and O–H groups in total. The molecule has 180 valence electrons. The minimum atomic E-state index is -0.367. The number of hydrogen-bond acceptors (Lipinski definition) is 5. The normalized spacial score (nSPS) is 22.7. The largest absolute Gasteiger partial charge is 0.383 e. The molecular formula is C26H36ClFN4O. The van der Waals surface area contributed by atoms with E-state index in [0.29, 0.717) is 39.7 Å². The first-order valence-corrected chi connectivity index (χ1v) is 12.5. The maximum atomic E-state index is 14.8. The number of hydrogen-bond donors (Lipinski definition) is 2. The maximum absolute atomic E-state index is 14.8. The van der Waals surface area contributed by atoms with Crippen molar-refractivity contribution in [1.82, 2.24) is 15.3 Å². The van der Waals surface area contributed by atoms with Gasteiger partial charge < -0.3 is 15.4 Å². The van der Waals surface area contributed by atoms with Gasteiger partial charge in [-0.1, -0.05) is 18.5 Å². The number of pyridine rings is 2. The van der Waals surface area contributed by atoms with Crippen molar-refractivity contribution in [3.63, 3.8) is 0 Å². The van der Waals surface area contributed by atoms with E-state index in [1.54, 1.807) is 13.3 Å². The molecule has 5 nitrogen and oxygen atoms in total. The Labute approximate surface area is 201 Å². The summed E-state index contributed by atoms with van der Waals surface area (Å²) in [6, 6.07) is 4.67. The van der Waals surface area contributed by atoms with Crippen LogP contribution in [0.4, 0.5) is 10.1 Å². The van der Waals surface area contributed by atoms with Gasteiger partial charge >= 0.3 is 0 Å². The highest BCUT2D eigenvalue weighted by atomic mass is 35.5. The number of aromatic nitrogens is 2. The van der Waals surface area contributed by atoms with Crippen molar-refractivity contribution in [3.05, 3.63) is 41.2 Å². The Morgan fingerprint density at radius 3 is 2.61 bits per heavy atom. The molecule has 0 unspecified atom stereocenters. The zero-order valence-electron chi connectivity index (χ0n) is 20.0. The molecule has 2 aliphatic carbocycles. The fourth-order valence-corrected chi connectivity index (χ4v) is 4.97. The van der Waals surface area contributed by atoms with Crippen LogP contribution >= 0.6 is 11.6 Å². The van der Waals surface area contributed by atoms with Crippen LogP contribution in [-0.2, 0) is 11.2 Å². The molecule has 2 saturated carbocycles. The summed E-state index contributed by atoms with van der Waals surface area (Å²) in [5, 5.41) is 7.41. The van der Waals surface area contributed by atoms with E-state index >= 15 is 0 Å². The van der Waals surface area contributed by atoms with Gasteiger partial charge in [-0.2, -0.15) is 0 Å². The van der Waals surface area contributed by atoms with Crippen molar-refractivity contribution < 1.29 is 9.13 Å². The zero-order chi connectivity index (χ0) is 23.4. The molecule has 4 rings (SSSR count). The molecule has 2 aliphatic rings. The summed E-state index contributed by atoms with van der Waals surface area (Å²) < 4.78 is 20.0. The van der Waals surface area contributed by atoms with Gasteiger partial charge in [-0.15, -0.1) is 0 Å². The quantitative estimate of drug-likeness (QED) is 0.421. The molecule has 2 fully saturated rings. The van der Waals surface area contributed by atoms with Crippen LogP contribution in [0.15, 0.2) is 24.5 Å². The molecule has 0 aliphatic heterocycles. The van der Waals surface area contributed by atoms with E-state index in [1.807, 2.05) is 12.1 Å².